The molecule has 1 aromatic heterocycles. The average Bonchev–Trinajstić information content (AvgIpc) is 3.21. The zero-order chi connectivity index (χ0) is 16.9. The Morgan fingerprint density at radius 3 is 3.04 bits per heavy atom. The highest BCUT2D eigenvalue weighted by atomic mass is 16.5. The van der Waals surface area contributed by atoms with Gasteiger partial charge in [-0.3, -0.25) is 0 Å². The van der Waals surface area contributed by atoms with Crippen LogP contribution >= 0.6 is 0 Å². The molecule has 2 amide bonds. The molecule has 0 unspecified atom stereocenters. The summed E-state index contributed by atoms with van der Waals surface area (Å²) in [5, 5.41) is 15.9. The van der Waals surface area contributed by atoms with Crippen LogP contribution in [0.15, 0.2) is 36.5 Å². The fourth-order valence-corrected chi connectivity index (χ4v) is 3.13. The predicted octanol–water partition coefficient (Wildman–Crippen LogP) is 1.96. The first-order valence-electron chi connectivity index (χ1n) is 8.17. The number of benzene rings is 1. The van der Waals surface area contributed by atoms with Gasteiger partial charge in [-0.1, -0.05) is 18.2 Å². The largest absolute Gasteiger partial charge is 0.496 e. The SMILES string of the molecule is COc1cccc2[nH]cc(CCNC(=O)N[C@@H]3C=C[C@H](CO)C3)c12. The summed E-state index contributed by atoms with van der Waals surface area (Å²) < 4.78 is 5.42. The second-order valence-electron chi connectivity index (χ2n) is 6.02. The van der Waals surface area contributed by atoms with Crippen LogP contribution in [0.5, 0.6) is 5.75 Å². The van der Waals surface area contributed by atoms with Gasteiger partial charge in [0, 0.05) is 42.2 Å². The zero-order valence-electron chi connectivity index (χ0n) is 13.7. The molecule has 1 heterocycles. The molecule has 24 heavy (non-hydrogen) atoms. The van der Waals surface area contributed by atoms with Gasteiger partial charge in [0.1, 0.15) is 5.75 Å². The van der Waals surface area contributed by atoms with E-state index >= 15 is 0 Å². The molecule has 1 aliphatic carbocycles. The van der Waals surface area contributed by atoms with Gasteiger partial charge in [-0.05, 0) is 30.5 Å². The number of rotatable bonds is 6. The van der Waals surface area contributed by atoms with E-state index in [1.807, 2.05) is 36.5 Å². The first kappa shape index (κ1) is 16.4. The Balaban J connectivity index is 1.52. The quantitative estimate of drug-likeness (QED) is 0.611. The Morgan fingerprint density at radius 1 is 1.42 bits per heavy atom. The van der Waals surface area contributed by atoms with Crippen LogP contribution < -0.4 is 15.4 Å². The summed E-state index contributed by atoms with van der Waals surface area (Å²) in [5.74, 6) is 0.980. The number of hydrogen-bond acceptors (Lipinski definition) is 3. The number of aliphatic hydroxyl groups is 1. The lowest BCUT2D eigenvalue weighted by atomic mass is 10.1. The number of aromatic nitrogens is 1. The molecule has 0 radical (unpaired) electrons. The van der Waals surface area contributed by atoms with Crippen molar-refractivity contribution in [3.05, 3.63) is 42.1 Å². The van der Waals surface area contributed by atoms with E-state index in [1.165, 1.54) is 0 Å². The smallest absolute Gasteiger partial charge is 0.315 e. The summed E-state index contributed by atoms with van der Waals surface area (Å²) in [6.07, 6.45) is 7.31. The maximum absolute atomic E-state index is 12.0. The lowest BCUT2D eigenvalue weighted by Gasteiger charge is -2.13. The third-order valence-electron chi connectivity index (χ3n) is 4.37. The molecule has 2 aromatic rings. The summed E-state index contributed by atoms with van der Waals surface area (Å²) in [6.45, 7) is 0.662. The molecule has 6 heteroatoms. The third-order valence-corrected chi connectivity index (χ3v) is 4.37. The monoisotopic (exact) mass is 329 g/mol. The molecule has 128 valence electrons. The van der Waals surface area contributed by atoms with Crippen LogP contribution in [0.25, 0.3) is 10.9 Å². The highest BCUT2D eigenvalue weighted by Gasteiger charge is 2.19. The molecule has 0 saturated carbocycles. The summed E-state index contributed by atoms with van der Waals surface area (Å²) in [7, 11) is 1.66. The molecule has 0 spiro atoms. The Bertz CT molecular complexity index is 738. The molecule has 1 aromatic carbocycles. The number of nitrogens with one attached hydrogen (secondary N) is 3. The van der Waals surface area contributed by atoms with Gasteiger partial charge in [0.25, 0.3) is 0 Å². The molecule has 1 aliphatic rings. The predicted molar refractivity (Wildman–Crippen MR) is 93.2 cm³/mol. The number of amides is 2. The van der Waals surface area contributed by atoms with E-state index in [2.05, 4.69) is 15.6 Å². The molecular formula is C18H23N3O3. The third kappa shape index (κ3) is 3.54. The van der Waals surface area contributed by atoms with Crippen molar-refractivity contribution < 1.29 is 14.6 Å². The molecule has 3 rings (SSSR count). The number of fused-ring (bicyclic) bond motifs is 1. The highest BCUT2D eigenvalue weighted by molar-refractivity contribution is 5.89. The van der Waals surface area contributed by atoms with Crippen molar-refractivity contribution in [2.75, 3.05) is 20.3 Å². The van der Waals surface area contributed by atoms with Crippen molar-refractivity contribution in [3.63, 3.8) is 0 Å². The lowest BCUT2D eigenvalue weighted by molar-refractivity contribution is 0.231. The van der Waals surface area contributed by atoms with E-state index in [1.54, 1.807) is 7.11 Å². The minimum atomic E-state index is -0.185. The second kappa shape index (κ2) is 7.40. The fourth-order valence-electron chi connectivity index (χ4n) is 3.13. The number of hydrogen-bond donors (Lipinski definition) is 4. The molecule has 6 nitrogen and oxygen atoms in total. The standard InChI is InChI=1S/C18H23N3O3/c1-24-16-4-2-3-15-17(16)13(10-20-15)7-8-19-18(23)21-14-6-5-12(9-14)11-22/h2-6,10,12,14,20,22H,7-9,11H2,1H3,(H2,19,21,23)/t12-,14+/m0/s1. The Labute approximate surface area is 140 Å². The van der Waals surface area contributed by atoms with Crippen molar-refractivity contribution in [1.82, 2.24) is 15.6 Å². The first-order valence-corrected chi connectivity index (χ1v) is 8.17. The van der Waals surface area contributed by atoms with Gasteiger partial charge in [-0.15, -0.1) is 0 Å². The van der Waals surface area contributed by atoms with E-state index in [-0.39, 0.29) is 24.6 Å². The zero-order valence-corrected chi connectivity index (χ0v) is 13.7. The van der Waals surface area contributed by atoms with Gasteiger partial charge in [0.05, 0.1) is 7.11 Å². The summed E-state index contributed by atoms with van der Waals surface area (Å²) in [4.78, 5) is 15.2. The van der Waals surface area contributed by atoms with Gasteiger partial charge >= 0.3 is 6.03 Å². The molecule has 4 N–H and O–H groups in total. The van der Waals surface area contributed by atoms with Gasteiger partial charge in [0.15, 0.2) is 0 Å². The first-order chi connectivity index (χ1) is 11.7. The van der Waals surface area contributed by atoms with Crippen LogP contribution in [0.1, 0.15) is 12.0 Å². The molecule has 0 saturated heterocycles. The van der Waals surface area contributed by atoms with Crippen molar-refractivity contribution in [2.45, 2.75) is 18.9 Å². The highest BCUT2D eigenvalue weighted by Crippen LogP contribution is 2.28. The van der Waals surface area contributed by atoms with Crippen LogP contribution in [0.4, 0.5) is 4.79 Å². The Morgan fingerprint density at radius 2 is 2.29 bits per heavy atom. The molecule has 0 fully saturated rings. The lowest BCUT2D eigenvalue weighted by Crippen LogP contribution is -2.41. The number of aliphatic hydroxyl groups excluding tert-OH is 1. The fraction of sp³-hybridized carbons (Fsp3) is 0.389. The van der Waals surface area contributed by atoms with E-state index in [0.717, 1.165) is 28.6 Å². The maximum Gasteiger partial charge on any atom is 0.315 e. The number of carbonyl (C=O) groups excluding carboxylic acids is 1. The number of aromatic amines is 1. The molecule has 0 aliphatic heterocycles. The number of carbonyl (C=O) groups is 1. The van der Waals surface area contributed by atoms with Crippen LogP contribution in [0.3, 0.4) is 0 Å². The Hall–Kier alpha value is -2.47. The minimum absolute atomic E-state index is 0.00432. The normalized spacial score (nSPS) is 19.6. The van der Waals surface area contributed by atoms with Crippen molar-refractivity contribution in [3.8, 4) is 5.75 Å². The van der Waals surface area contributed by atoms with E-state index in [0.29, 0.717) is 13.0 Å². The van der Waals surface area contributed by atoms with E-state index in [9.17, 15) is 4.79 Å². The van der Waals surface area contributed by atoms with Crippen LogP contribution in [-0.4, -0.2) is 42.4 Å². The van der Waals surface area contributed by atoms with Crippen molar-refractivity contribution in [1.29, 1.82) is 0 Å². The van der Waals surface area contributed by atoms with Gasteiger partial charge in [-0.25, -0.2) is 4.79 Å². The maximum atomic E-state index is 12.0. The van der Waals surface area contributed by atoms with Gasteiger partial charge < -0.3 is 25.5 Å². The van der Waals surface area contributed by atoms with Crippen molar-refractivity contribution >= 4 is 16.9 Å². The minimum Gasteiger partial charge on any atom is -0.496 e. The van der Waals surface area contributed by atoms with E-state index < -0.39 is 0 Å². The second-order valence-corrected chi connectivity index (χ2v) is 6.02. The van der Waals surface area contributed by atoms with Crippen LogP contribution in [0, 0.1) is 5.92 Å². The van der Waals surface area contributed by atoms with Gasteiger partial charge in [-0.2, -0.15) is 0 Å². The number of ether oxygens (including phenoxy) is 1. The summed E-state index contributed by atoms with van der Waals surface area (Å²) >= 11 is 0. The number of urea groups is 1. The summed E-state index contributed by atoms with van der Waals surface area (Å²) in [5.41, 5.74) is 2.14. The number of H-pyrrole nitrogens is 1. The van der Waals surface area contributed by atoms with Gasteiger partial charge in [0.2, 0.25) is 0 Å². The Kier molecular flexibility index (Phi) is 5.05. The molecule has 2 atom stereocenters. The molecule has 0 bridgehead atoms. The van der Waals surface area contributed by atoms with Crippen LogP contribution in [-0.2, 0) is 6.42 Å². The topological polar surface area (TPSA) is 86.4 Å². The average molecular weight is 329 g/mol. The van der Waals surface area contributed by atoms with E-state index in [4.69, 9.17) is 9.84 Å². The summed E-state index contributed by atoms with van der Waals surface area (Å²) in [6, 6.07) is 5.70. The molecular weight excluding hydrogens is 306 g/mol. The van der Waals surface area contributed by atoms with Crippen molar-refractivity contribution in [2.24, 2.45) is 5.92 Å². The van der Waals surface area contributed by atoms with Crippen LogP contribution in [0.2, 0.25) is 0 Å². The number of methoxy groups -OCH3 is 1.